The lowest BCUT2D eigenvalue weighted by molar-refractivity contribution is 0.601. The third-order valence-electron chi connectivity index (χ3n) is 4.24. The van der Waals surface area contributed by atoms with Crippen molar-refractivity contribution in [3.8, 4) is 0 Å². The number of anilines is 3. The quantitative estimate of drug-likeness (QED) is 0.418. The van der Waals surface area contributed by atoms with E-state index in [-0.39, 0.29) is 10.7 Å². The van der Waals surface area contributed by atoms with E-state index in [1.165, 1.54) is 12.1 Å². The Kier molecular flexibility index (Phi) is 5.21. The van der Waals surface area contributed by atoms with Gasteiger partial charge in [-0.1, -0.05) is 45.8 Å². The first-order valence-corrected chi connectivity index (χ1v) is 11.1. The summed E-state index contributed by atoms with van der Waals surface area (Å²) in [4.78, 5) is 9.21. The van der Waals surface area contributed by atoms with Crippen LogP contribution in [-0.4, -0.2) is 18.4 Å². The Hall–Kier alpha value is -2.97. The standard InChI is InChI=1S/C21H17BrN4O2S/c1-14-6-10-16(11-7-14)23-20-21(25-19-5-3-2-4-18(19)24-20)26-29(27,28)17-12-8-15(22)9-13-17/h2-13H,1H3,(H,23,24)(H,25,26). The van der Waals surface area contributed by atoms with Gasteiger partial charge in [-0.15, -0.1) is 0 Å². The molecular weight excluding hydrogens is 452 g/mol. The molecule has 0 bridgehead atoms. The number of rotatable bonds is 5. The molecule has 0 aliphatic carbocycles. The van der Waals surface area contributed by atoms with Gasteiger partial charge in [0, 0.05) is 10.2 Å². The van der Waals surface area contributed by atoms with E-state index in [1.807, 2.05) is 49.4 Å². The van der Waals surface area contributed by atoms with Gasteiger partial charge in [-0.25, -0.2) is 18.4 Å². The lowest BCUT2D eigenvalue weighted by Gasteiger charge is -2.14. The predicted octanol–water partition coefficient (Wildman–Crippen LogP) is 5.25. The van der Waals surface area contributed by atoms with Gasteiger partial charge in [0.05, 0.1) is 15.9 Å². The van der Waals surface area contributed by atoms with E-state index in [1.54, 1.807) is 18.2 Å². The summed E-state index contributed by atoms with van der Waals surface area (Å²) in [5.74, 6) is 0.459. The maximum absolute atomic E-state index is 12.9. The van der Waals surface area contributed by atoms with Crippen LogP contribution in [0, 0.1) is 6.92 Å². The second-order valence-corrected chi connectivity index (χ2v) is 9.06. The Bertz CT molecular complexity index is 1270. The van der Waals surface area contributed by atoms with E-state index in [2.05, 4.69) is 35.9 Å². The van der Waals surface area contributed by atoms with Crippen LogP contribution in [-0.2, 0) is 10.0 Å². The highest BCUT2D eigenvalue weighted by molar-refractivity contribution is 9.10. The van der Waals surface area contributed by atoms with Gasteiger partial charge in [0.1, 0.15) is 0 Å². The fraction of sp³-hybridized carbons (Fsp3) is 0.0476. The van der Waals surface area contributed by atoms with E-state index in [0.717, 1.165) is 15.7 Å². The molecule has 0 atom stereocenters. The third kappa shape index (κ3) is 4.38. The Morgan fingerprint density at radius 1 is 0.793 bits per heavy atom. The fourth-order valence-corrected chi connectivity index (χ4v) is 4.01. The second kappa shape index (κ2) is 7.81. The first-order chi connectivity index (χ1) is 13.9. The third-order valence-corrected chi connectivity index (χ3v) is 6.12. The highest BCUT2D eigenvalue weighted by Gasteiger charge is 2.19. The second-order valence-electron chi connectivity index (χ2n) is 6.46. The predicted molar refractivity (Wildman–Crippen MR) is 119 cm³/mol. The number of aromatic nitrogens is 2. The lowest BCUT2D eigenvalue weighted by atomic mass is 10.2. The molecule has 146 valence electrons. The van der Waals surface area contributed by atoms with Crippen molar-refractivity contribution in [3.63, 3.8) is 0 Å². The van der Waals surface area contributed by atoms with E-state index >= 15 is 0 Å². The van der Waals surface area contributed by atoms with E-state index in [9.17, 15) is 8.42 Å². The lowest BCUT2D eigenvalue weighted by Crippen LogP contribution is -2.16. The molecule has 0 radical (unpaired) electrons. The number of hydrogen-bond donors (Lipinski definition) is 2. The summed E-state index contributed by atoms with van der Waals surface area (Å²) in [6, 6.07) is 21.4. The number of benzene rings is 3. The normalized spacial score (nSPS) is 11.4. The Balaban J connectivity index is 1.77. The first-order valence-electron chi connectivity index (χ1n) is 8.80. The summed E-state index contributed by atoms with van der Waals surface area (Å²) in [7, 11) is -3.83. The van der Waals surface area contributed by atoms with Crippen LogP contribution in [0.15, 0.2) is 82.2 Å². The van der Waals surface area contributed by atoms with E-state index < -0.39 is 10.0 Å². The topological polar surface area (TPSA) is 84.0 Å². The molecule has 4 rings (SSSR count). The van der Waals surface area contributed by atoms with Crippen molar-refractivity contribution >= 4 is 54.3 Å². The number of hydrogen-bond acceptors (Lipinski definition) is 5. The van der Waals surface area contributed by atoms with Gasteiger partial charge in [0.15, 0.2) is 11.6 Å². The van der Waals surface area contributed by atoms with Crippen molar-refractivity contribution in [3.05, 3.63) is 82.8 Å². The van der Waals surface area contributed by atoms with Crippen molar-refractivity contribution in [2.75, 3.05) is 10.0 Å². The zero-order chi connectivity index (χ0) is 20.4. The Morgan fingerprint density at radius 2 is 1.38 bits per heavy atom. The highest BCUT2D eigenvalue weighted by Crippen LogP contribution is 2.27. The van der Waals surface area contributed by atoms with Gasteiger partial charge in [0.25, 0.3) is 10.0 Å². The molecule has 29 heavy (non-hydrogen) atoms. The summed E-state index contributed by atoms with van der Waals surface area (Å²) in [5, 5.41) is 3.17. The average Bonchev–Trinajstić information content (AvgIpc) is 2.70. The summed E-state index contributed by atoms with van der Waals surface area (Å²) < 4.78 is 29.1. The number of para-hydroxylation sites is 2. The zero-order valence-electron chi connectivity index (χ0n) is 15.4. The Labute approximate surface area is 177 Å². The minimum Gasteiger partial charge on any atom is -0.337 e. The van der Waals surface area contributed by atoms with Crippen LogP contribution in [0.3, 0.4) is 0 Å². The summed E-state index contributed by atoms with van der Waals surface area (Å²) in [6.07, 6.45) is 0. The van der Waals surface area contributed by atoms with Gasteiger partial charge in [0.2, 0.25) is 0 Å². The molecule has 3 aromatic carbocycles. The number of nitrogens with one attached hydrogen (secondary N) is 2. The van der Waals surface area contributed by atoms with Crippen LogP contribution in [0.2, 0.25) is 0 Å². The Morgan fingerprint density at radius 3 is 2.00 bits per heavy atom. The van der Waals surface area contributed by atoms with Crippen LogP contribution in [0.25, 0.3) is 11.0 Å². The van der Waals surface area contributed by atoms with Gasteiger partial charge < -0.3 is 5.32 Å². The maximum atomic E-state index is 12.9. The number of sulfonamides is 1. The highest BCUT2D eigenvalue weighted by atomic mass is 79.9. The molecule has 0 fully saturated rings. The van der Waals surface area contributed by atoms with Crippen LogP contribution in [0.1, 0.15) is 5.56 Å². The minimum atomic E-state index is -3.83. The molecule has 0 unspecified atom stereocenters. The molecule has 1 heterocycles. The van der Waals surface area contributed by atoms with Crippen LogP contribution < -0.4 is 10.0 Å². The average molecular weight is 469 g/mol. The van der Waals surface area contributed by atoms with Gasteiger partial charge >= 0.3 is 0 Å². The van der Waals surface area contributed by atoms with Gasteiger partial charge in [-0.05, 0) is 55.5 Å². The van der Waals surface area contributed by atoms with Crippen molar-refractivity contribution in [2.24, 2.45) is 0 Å². The first kappa shape index (κ1) is 19.4. The molecule has 0 saturated heterocycles. The van der Waals surface area contributed by atoms with Gasteiger partial charge in [-0.3, -0.25) is 4.72 Å². The summed E-state index contributed by atoms with van der Waals surface area (Å²) >= 11 is 3.31. The summed E-state index contributed by atoms with van der Waals surface area (Å²) in [5.41, 5.74) is 3.16. The number of nitrogens with zero attached hydrogens (tertiary/aromatic N) is 2. The molecule has 1 aromatic heterocycles. The van der Waals surface area contributed by atoms with E-state index in [0.29, 0.717) is 16.9 Å². The van der Waals surface area contributed by atoms with Gasteiger partial charge in [-0.2, -0.15) is 0 Å². The fourth-order valence-electron chi connectivity index (χ4n) is 2.73. The largest absolute Gasteiger partial charge is 0.337 e. The van der Waals surface area contributed by atoms with Crippen molar-refractivity contribution in [1.82, 2.24) is 9.97 Å². The van der Waals surface area contributed by atoms with Crippen molar-refractivity contribution in [1.29, 1.82) is 0 Å². The molecule has 4 aromatic rings. The SMILES string of the molecule is Cc1ccc(Nc2nc3ccccc3nc2NS(=O)(=O)c2ccc(Br)cc2)cc1. The number of aryl methyl sites for hydroxylation is 1. The zero-order valence-corrected chi connectivity index (χ0v) is 17.8. The molecule has 6 nitrogen and oxygen atoms in total. The minimum absolute atomic E-state index is 0.132. The molecular formula is C21H17BrN4O2S. The molecule has 8 heteroatoms. The molecule has 0 spiro atoms. The molecule has 0 aliphatic heterocycles. The number of halogens is 1. The van der Waals surface area contributed by atoms with E-state index in [4.69, 9.17) is 0 Å². The molecule has 0 saturated carbocycles. The number of fused-ring (bicyclic) bond motifs is 1. The molecule has 2 N–H and O–H groups in total. The maximum Gasteiger partial charge on any atom is 0.263 e. The van der Waals surface area contributed by atoms with Crippen molar-refractivity contribution < 1.29 is 8.42 Å². The van der Waals surface area contributed by atoms with Crippen LogP contribution >= 0.6 is 15.9 Å². The van der Waals surface area contributed by atoms with Crippen molar-refractivity contribution in [2.45, 2.75) is 11.8 Å². The van der Waals surface area contributed by atoms with Crippen LogP contribution in [0.4, 0.5) is 17.3 Å². The monoisotopic (exact) mass is 468 g/mol. The molecule has 0 aliphatic rings. The molecule has 0 amide bonds. The summed E-state index contributed by atoms with van der Waals surface area (Å²) in [6.45, 7) is 2.00. The van der Waals surface area contributed by atoms with Crippen LogP contribution in [0.5, 0.6) is 0 Å². The smallest absolute Gasteiger partial charge is 0.263 e.